The van der Waals surface area contributed by atoms with Gasteiger partial charge in [-0.05, 0) is 17.7 Å². The molecule has 0 unspecified atom stereocenters. The van der Waals surface area contributed by atoms with Crippen LogP contribution in [0.25, 0.3) is 21.3 Å². The maximum Gasteiger partial charge on any atom is 0.242 e. The number of aromatic nitrogens is 1. The highest BCUT2D eigenvalue weighted by Crippen LogP contribution is 2.38. The second-order valence-corrected chi connectivity index (χ2v) is 11.4. The van der Waals surface area contributed by atoms with Gasteiger partial charge in [-0.1, -0.05) is 29.5 Å². The molecule has 1 aliphatic heterocycles. The Morgan fingerprint density at radius 1 is 1.15 bits per heavy atom. The summed E-state index contributed by atoms with van der Waals surface area (Å²) >= 11 is 1.24. The summed E-state index contributed by atoms with van der Waals surface area (Å²) < 4.78 is 54.8. The summed E-state index contributed by atoms with van der Waals surface area (Å²) in [4.78, 5) is 2.99. The van der Waals surface area contributed by atoms with Crippen molar-refractivity contribution < 1.29 is 21.9 Å². The molecule has 182 valence electrons. The number of anilines is 1. The number of hydrogen-bond acceptors (Lipinski definition) is 13. The van der Waals surface area contributed by atoms with Gasteiger partial charge in [-0.25, -0.2) is 37.2 Å². The number of aliphatic hydroxyl groups excluding tert-OH is 1. The Bertz CT molecular complexity index is 1500. The Kier molecular flexibility index (Phi) is 6.44. The number of benzene rings is 2. The maximum atomic E-state index is 13.1. The minimum atomic E-state index is -4.64. The van der Waals surface area contributed by atoms with Crippen LogP contribution in [0.4, 0.5) is 5.13 Å². The van der Waals surface area contributed by atoms with Gasteiger partial charge in [-0.15, -0.1) is 10.6 Å². The third-order valence-corrected chi connectivity index (χ3v) is 8.42. The zero-order valence-corrected chi connectivity index (χ0v) is 19.8. The van der Waals surface area contributed by atoms with Crippen molar-refractivity contribution in [3.63, 3.8) is 0 Å². The molecule has 0 radical (unpaired) electrons. The predicted octanol–water partition coefficient (Wildman–Crippen LogP) is -1.94. The van der Waals surface area contributed by atoms with Crippen LogP contribution in [0.15, 0.2) is 45.2 Å². The Morgan fingerprint density at radius 3 is 2.53 bits per heavy atom. The van der Waals surface area contributed by atoms with Gasteiger partial charge in [0.25, 0.3) is 0 Å². The van der Waals surface area contributed by atoms with Gasteiger partial charge in [-0.2, -0.15) is 0 Å². The number of primary sulfonamides is 1. The lowest BCUT2D eigenvalue weighted by molar-refractivity contribution is 0.259. The normalized spacial score (nSPS) is 15.1. The van der Waals surface area contributed by atoms with Crippen LogP contribution in [0.2, 0.25) is 0 Å². The summed E-state index contributed by atoms with van der Waals surface area (Å²) in [5, 5.41) is 19.2. The summed E-state index contributed by atoms with van der Waals surface area (Å²) in [6.45, 7) is -0.818. The number of amidine groups is 1. The number of nitrogens with one attached hydrogen (secondary N) is 4. The lowest BCUT2D eigenvalue weighted by Crippen LogP contribution is -2.43. The molecule has 1 aromatic heterocycles. The molecule has 0 amide bonds. The summed E-state index contributed by atoms with van der Waals surface area (Å²) in [6.07, 6.45) is 0. The van der Waals surface area contributed by atoms with Gasteiger partial charge in [0.1, 0.15) is 9.79 Å². The van der Waals surface area contributed by atoms with E-state index in [1.165, 1.54) is 17.4 Å². The van der Waals surface area contributed by atoms with Crippen molar-refractivity contribution in [2.24, 2.45) is 16.0 Å². The summed E-state index contributed by atoms with van der Waals surface area (Å²) in [5.41, 5.74) is 20.0. The minimum Gasteiger partial charge on any atom is -0.395 e. The Morgan fingerprint density at radius 2 is 1.91 bits per heavy atom. The SMILES string of the molecule is NC[C@H](CO)NS(=O)(=O)c1ccc(-c2cccc3sc(N)nc23)c(C2=NNNN2)c1S(N)(=O)=O. The highest BCUT2D eigenvalue weighted by molar-refractivity contribution is 7.92. The van der Waals surface area contributed by atoms with E-state index in [0.717, 1.165) is 10.8 Å². The van der Waals surface area contributed by atoms with Crippen molar-refractivity contribution >= 4 is 52.6 Å². The number of thiazole rings is 1. The smallest absolute Gasteiger partial charge is 0.242 e. The Hall–Kier alpha value is -2.90. The fourth-order valence-electron chi connectivity index (χ4n) is 3.46. The van der Waals surface area contributed by atoms with Gasteiger partial charge < -0.3 is 16.6 Å². The van der Waals surface area contributed by atoms with E-state index < -0.39 is 42.5 Å². The molecule has 3 aromatic rings. The maximum absolute atomic E-state index is 13.1. The predicted molar refractivity (Wildman–Crippen MR) is 127 cm³/mol. The first kappa shape index (κ1) is 24.2. The molecule has 4 rings (SSSR count). The third-order valence-electron chi connectivity index (χ3n) is 4.89. The standard InChI is InChI=1S/C17H21N9O5S3/c18-6-8(7-27)24-34(30,31)12-5-4-9(10-2-1-3-11-14(10)21-17(19)32-11)13(15(12)33(20,28)29)16-22-25-26-23-16/h1-5,8,24-27H,6-7,18H2,(H2,19,21)(H,22,23)(H2,20,28,29)/t8-/m1/s1. The first-order valence-corrected chi connectivity index (χ1v) is 13.4. The second kappa shape index (κ2) is 9.04. The first-order chi connectivity index (χ1) is 16.1. The average molecular weight is 528 g/mol. The van der Waals surface area contributed by atoms with Crippen LogP contribution in [0, 0.1) is 0 Å². The van der Waals surface area contributed by atoms with Crippen molar-refractivity contribution in [1.29, 1.82) is 0 Å². The lowest BCUT2D eigenvalue weighted by Gasteiger charge is -2.20. The quantitative estimate of drug-likeness (QED) is 0.160. The van der Waals surface area contributed by atoms with Crippen LogP contribution in [0.3, 0.4) is 0 Å². The number of nitrogens with two attached hydrogens (primary N) is 3. The molecule has 0 aliphatic carbocycles. The molecule has 14 nitrogen and oxygen atoms in total. The number of hydrazine groups is 2. The van der Waals surface area contributed by atoms with Gasteiger partial charge >= 0.3 is 0 Å². The number of aliphatic hydroxyl groups is 1. The summed E-state index contributed by atoms with van der Waals surface area (Å²) in [5.74, 6) is -0.0335. The van der Waals surface area contributed by atoms with E-state index in [9.17, 15) is 21.9 Å². The van der Waals surface area contributed by atoms with Crippen molar-refractivity contribution in [1.82, 2.24) is 26.2 Å². The van der Waals surface area contributed by atoms with E-state index in [4.69, 9.17) is 16.6 Å². The van der Waals surface area contributed by atoms with Crippen LogP contribution >= 0.6 is 11.3 Å². The molecule has 0 fully saturated rings. The lowest BCUT2D eigenvalue weighted by atomic mass is 9.98. The monoisotopic (exact) mass is 527 g/mol. The molecule has 1 atom stereocenters. The zero-order valence-electron chi connectivity index (χ0n) is 17.3. The number of hydrogen-bond donors (Lipinski definition) is 8. The largest absolute Gasteiger partial charge is 0.395 e. The van der Waals surface area contributed by atoms with E-state index in [1.807, 2.05) is 0 Å². The molecule has 0 saturated carbocycles. The first-order valence-electron chi connectivity index (χ1n) is 9.59. The molecule has 0 saturated heterocycles. The molecule has 0 bridgehead atoms. The number of sulfonamides is 2. The number of rotatable bonds is 8. The number of fused-ring (bicyclic) bond motifs is 1. The van der Waals surface area contributed by atoms with Crippen molar-refractivity contribution in [2.45, 2.75) is 15.8 Å². The van der Waals surface area contributed by atoms with E-state index >= 15 is 0 Å². The van der Waals surface area contributed by atoms with Crippen molar-refractivity contribution in [3.8, 4) is 11.1 Å². The molecular weight excluding hydrogens is 506 g/mol. The van der Waals surface area contributed by atoms with Gasteiger partial charge in [-0.3, -0.25) is 5.43 Å². The number of hydrazone groups is 1. The molecule has 2 aromatic carbocycles. The molecule has 11 N–H and O–H groups in total. The number of para-hydroxylation sites is 1. The average Bonchev–Trinajstić information content (AvgIpc) is 3.44. The molecule has 34 heavy (non-hydrogen) atoms. The van der Waals surface area contributed by atoms with E-state index in [0.29, 0.717) is 16.2 Å². The fourth-order valence-corrected chi connectivity index (χ4v) is 7.07. The minimum absolute atomic E-state index is 0.0335. The molecule has 1 aliphatic rings. The summed E-state index contributed by atoms with van der Waals surface area (Å²) in [6, 6.07) is 6.70. The van der Waals surface area contributed by atoms with Crippen LogP contribution in [0.5, 0.6) is 0 Å². The Labute approximate surface area is 198 Å². The van der Waals surface area contributed by atoms with E-state index in [-0.39, 0.29) is 23.5 Å². The van der Waals surface area contributed by atoms with Gasteiger partial charge in [0.15, 0.2) is 11.0 Å². The molecular formula is C17H21N9O5S3. The van der Waals surface area contributed by atoms with E-state index in [2.05, 4.69) is 31.3 Å². The van der Waals surface area contributed by atoms with Crippen molar-refractivity contribution in [2.75, 3.05) is 18.9 Å². The zero-order chi connectivity index (χ0) is 24.7. The van der Waals surface area contributed by atoms with Crippen LogP contribution in [0.1, 0.15) is 5.56 Å². The highest BCUT2D eigenvalue weighted by Gasteiger charge is 2.34. The van der Waals surface area contributed by atoms with E-state index in [1.54, 1.807) is 18.2 Å². The van der Waals surface area contributed by atoms with Crippen LogP contribution in [-0.4, -0.2) is 52.0 Å². The highest BCUT2D eigenvalue weighted by atomic mass is 32.2. The fraction of sp³-hybridized carbons (Fsp3) is 0.176. The topological polar surface area (TPSA) is 240 Å². The van der Waals surface area contributed by atoms with Gasteiger partial charge in [0, 0.05) is 17.7 Å². The molecule has 2 heterocycles. The van der Waals surface area contributed by atoms with Crippen LogP contribution < -0.4 is 37.8 Å². The second-order valence-electron chi connectivity index (χ2n) is 7.12. The Balaban J connectivity index is 2.08. The van der Waals surface area contributed by atoms with Crippen molar-refractivity contribution in [3.05, 3.63) is 35.9 Å². The van der Waals surface area contributed by atoms with Crippen LogP contribution in [-0.2, 0) is 20.0 Å². The molecule has 17 heteroatoms. The molecule has 0 spiro atoms. The van der Waals surface area contributed by atoms with Gasteiger partial charge in [0.05, 0.1) is 22.9 Å². The summed E-state index contributed by atoms with van der Waals surface area (Å²) in [7, 11) is -9.14. The number of nitrogen functional groups attached to an aromatic ring is 1. The number of nitrogens with zero attached hydrogens (tertiary/aromatic N) is 2. The van der Waals surface area contributed by atoms with Gasteiger partial charge in [0.2, 0.25) is 20.0 Å². The third kappa shape index (κ3) is 4.42.